The molecule has 0 aliphatic carbocycles. The number of rotatable bonds is 7. The molecule has 0 bridgehead atoms. The quantitative estimate of drug-likeness (QED) is 0.576. The van der Waals surface area contributed by atoms with Crippen LogP contribution in [0.4, 0.5) is 5.69 Å². The van der Waals surface area contributed by atoms with Crippen LogP contribution in [-0.4, -0.2) is 64.3 Å². The highest BCUT2D eigenvalue weighted by Crippen LogP contribution is 2.27. The van der Waals surface area contributed by atoms with Crippen molar-refractivity contribution in [3.63, 3.8) is 0 Å². The molecule has 0 spiro atoms. The number of nitrogens with one attached hydrogen (secondary N) is 1. The lowest BCUT2D eigenvalue weighted by atomic mass is 10.1. The third-order valence-corrected chi connectivity index (χ3v) is 5.15. The molecule has 0 aromatic heterocycles. The van der Waals surface area contributed by atoms with E-state index in [4.69, 9.17) is 14.5 Å². The van der Waals surface area contributed by atoms with Gasteiger partial charge < -0.3 is 24.6 Å². The van der Waals surface area contributed by atoms with Gasteiger partial charge in [0.25, 0.3) is 0 Å². The molecule has 1 aliphatic rings. The number of methoxy groups -OCH3 is 2. The molecular formula is C23H32N4O2. The number of nitrogens with zero attached hydrogens (tertiary/aromatic N) is 3. The molecule has 0 saturated carbocycles. The second kappa shape index (κ2) is 10.6. The first-order valence-corrected chi connectivity index (χ1v) is 10.3. The van der Waals surface area contributed by atoms with E-state index in [0.717, 1.165) is 63.1 Å². The van der Waals surface area contributed by atoms with Crippen LogP contribution in [0.3, 0.4) is 0 Å². The number of aliphatic imine (C=N–C) groups is 1. The zero-order valence-corrected chi connectivity index (χ0v) is 17.7. The van der Waals surface area contributed by atoms with Gasteiger partial charge in [0.2, 0.25) is 0 Å². The van der Waals surface area contributed by atoms with Gasteiger partial charge >= 0.3 is 0 Å². The topological polar surface area (TPSA) is 49.3 Å². The van der Waals surface area contributed by atoms with E-state index in [9.17, 15) is 0 Å². The van der Waals surface area contributed by atoms with Crippen LogP contribution in [0.5, 0.6) is 11.5 Å². The number of guanidine groups is 1. The maximum atomic E-state index is 5.40. The predicted molar refractivity (Wildman–Crippen MR) is 119 cm³/mol. The van der Waals surface area contributed by atoms with Gasteiger partial charge in [-0.1, -0.05) is 24.3 Å². The minimum atomic E-state index is 0.733. The van der Waals surface area contributed by atoms with E-state index in [1.165, 1.54) is 11.3 Å². The Balaban J connectivity index is 1.58. The standard InChI is InChI=1S/C23H32N4O2/c1-4-24-23(25-13-12-19-10-11-21(28-2)22(18-19)29-3)27-16-14-26(15-17-27)20-8-6-5-7-9-20/h5-11,18H,4,12-17H2,1-3H3,(H,24,25). The molecule has 0 unspecified atom stereocenters. The van der Waals surface area contributed by atoms with Crippen molar-refractivity contribution in [3.8, 4) is 11.5 Å². The summed E-state index contributed by atoms with van der Waals surface area (Å²) in [7, 11) is 3.32. The molecule has 0 atom stereocenters. The minimum absolute atomic E-state index is 0.733. The molecule has 0 radical (unpaired) electrons. The van der Waals surface area contributed by atoms with E-state index in [-0.39, 0.29) is 0 Å². The van der Waals surface area contributed by atoms with Crippen LogP contribution in [0.1, 0.15) is 12.5 Å². The van der Waals surface area contributed by atoms with Gasteiger partial charge in [-0.15, -0.1) is 0 Å². The molecule has 1 heterocycles. The lowest BCUT2D eigenvalue weighted by molar-refractivity contribution is 0.354. The molecule has 1 N–H and O–H groups in total. The van der Waals surface area contributed by atoms with Crippen molar-refractivity contribution in [3.05, 3.63) is 54.1 Å². The van der Waals surface area contributed by atoms with Gasteiger partial charge in [0.05, 0.1) is 14.2 Å². The zero-order valence-electron chi connectivity index (χ0n) is 17.7. The van der Waals surface area contributed by atoms with Gasteiger partial charge in [-0.25, -0.2) is 0 Å². The van der Waals surface area contributed by atoms with Crippen molar-refractivity contribution in [2.45, 2.75) is 13.3 Å². The summed E-state index contributed by atoms with van der Waals surface area (Å²) in [6, 6.07) is 16.7. The second-order valence-electron chi connectivity index (χ2n) is 6.98. The summed E-state index contributed by atoms with van der Waals surface area (Å²) in [5, 5.41) is 3.45. The largest absolute Gasteiger partial charge is 0.493 e. The van der Waals surface area contributed by atoms with E-state index in [1.54, 1.807) is 14.2 Å². The number of anilines is 1. The monoisotopic (exact) mass is 396 g/mol. The summed E-state index contributed by atoms with van der Waals surface area (Å²) in [5.74, 6) is 2.52. The Morgan fingerprint density at radius 2 is 1.69 bits per heavy atom. The van der Waals surface area contributed by atoms with Gasteiger partial charge in [-0.05, 0) is 43.2 Å². The number of hydrogen-bond acceptors (Lipinski definition) is 4. The fourth-order valence-electron chi connectivity index (χ4n) is 3.57. The van der Waals surface area contributed by atoms with Crippen LogP contribution in [0.25, 0.3) is 0 Å². The van der Waals surface area contributed by atoms with Crippen LogP contribution in [-0.2, 0) is 6.42 Å². The fourth-order valence-corrected chi connectivity index (χ4v) is 3.57. The maximum absolute atomic E-state index is 5.40. The van der Waals surface area contributed by atoms with Crippen molar-refractivity contribution < 1.29 is 9.47 Å². The molecule has 29 heavy (non-hydrogen) atoms. The Hall–Kier alpha value is -2.89. The summed E-state index contributed by atoms with van der Waals surface area (Å²) >= 11 is 0. The maximum Gasteiger partial charge on any atom is 0.194 e. The lowest BCUT2D eigenvalue weighted by Crippen LogP contribution is -2.52. The molecule has 2 aromatic carbocycles. The summed E-state index contributed by atoms with van der Waals surface area (Å²) in [4.78, 5) is 9.66. The van der Waals surface area contributed by atoms with Gasteiger partial charge in [0.15, 0.2) is 17.5 Å². The predicted octanol–water partition coefficient (Wildman–Crippen LogP) is 3.03. The van der Waals surface area contributed by atoms with Gasteiger partial charge in [0, 0.05) is 45.0 Å². The van der Waals surface area contributed by atoms with E-state index < -0.39 is 0 Å². The normalized spacial score (nSPS) is 14.7. The first kappa shape index (κ1) is 20.8. The summed E-state index contributed by atoms with van der Waals surface area (Å²) in [6.07, 6.45) is 0.860. The van der Waals surface area contributed by atoms with Crippen molar-refractivity contribution in [1.29, 1.82) is 0 Å². The molecule has 156 valence electrons. The number of ether oxygens (including phenoxy) is 2. The number of para-hydroxylation sites is 1. The summed E-state index contributed by atoms with van der Waals surface area (Å²) in [5.41, 5.74) is 2.48. The van der Waals surface area contributed by atoms with Gasteiger partial charge in [-0.3, -0.25) is 4.99 Å². The Bertz CT molecular complexity index is 787. The van der Waals surface area contributed by atoms with Crippen LogP contribution in [0.15, 0.2) is 53.5 Å². The molecule has 3 rings (SSSR count). The molecule has 1 saturated heterocycles. The van der Waals surface area contributed by atoms with E-state index in [2.05, 4.69) is 58.4 Å². The summed E-state index contributed by atoms with van der Waals surface area (Å²) in [6.45, 7) is 7.66. The van der Waals surface area contributed by atoms with Gasteiger partial charge in [0.1, 0.15) is 0 Å². The van der Waals surface area contributed by atoms with Crippen LogP contribution in [0.2, 0.25) is 0 Å². The Kier molecular flexibility index (Phi) is 7.61. The van der Waals surface area contributed by atoms with Gasteiger partial charge in [-0.2, -0.15) is 0 Å². The van der Waals surface area contributed by atoms with Crippen LogP contribution < -0.4 is 19.7 Å². The molecule has 1 fully saturated rings. The van der Waals surface area contributed by atoms with Crippen molar-refractivity contribution in [1.82, 2.24) is 10.2 Å². The first-order valence-electron chi connectivity index (χ1n) is 10.3. The Morgan fingerprint density at radius 1 is 0.966 bits per heavy atom. The highest BCUT2D eigenvalue weighted by Gasteiger charge is 2.19. The third kappa shape index (κ3) is 5.56. The number of piperazine rings is 1. The van der Waals surface area contributed by atoms with Crippen molar-refractivity contribution in [2.24, 2.45) is 4.99 Å². The average Bonchev–Trinajstić information content (AvgIpc) is 2.79. The average molecular weight is 397 g/mol. The smallest absolute Gasteiger partial charge is 0.194 e. The SMILES string of the molecule is CCNC(=NCCc1ccc(OC)c(OC)c1)N1CCN(c2ccccc2)CC1. The zero-order chi connectivity index (χ0) is 20.5. The van der Waals surface area contributed by atoms with Crippen LogP contribution in [0, 0.1) is 0 Å². The number of hydrogen-bond donors (Lipinski definition) is 1. The molecular weight excluding hydrogens is 364 g/mol. The molecule has 0 amide bonds. The molecule has 6 nitrogen and oxygen atoms in total. The lowest BCUT2D eigenvalue weighted by Gasteiger charge is -2.37. The van der Waals surface area contributed by atoms with Crippen LogP contribution >= 0.6 is 0 Å². The minimum Gasteiger partial charge on any atom is -0.493 e. The fraction of sp³-hybridized carbons (Fsp3) is 0.435. The second-order valence-corrected chi connectivity index (χ2v) is 6.98. The number of benzene rings is 2. The molecule has 6 heteroatoms. The first-order chi connectivity index (χ1) is 14.2. The van der Waals surface area contributed by atoms with Crippen molar-refractivity contribution >= 4 is 11.6 Å². The highest BCUT2D eigenvalue weighted by molar-refractivity contribution is 5.80. The highest BCUT2D eigenvalue weighted by atomic mass is 16.5. The van der Waals surface area contributed by atoms with E-state index >= 15 is 0 Å². The molecule has 2 aromatic rings. The van der Waals surface area contributed by atoms with E-state index in [1.807, 2.05) is 12.1 Å². The molecule has 1 aliphatic heterocycles. The Morgan fingerprint density at radius 3 is 2.34 bits per heavy atom. The Labute approximate surface area is 174 Å². The summed E-state index contributed by atoms with van der Waals surface area (Å²) < 4.78 is 10.7. The third-order valence-electron chi connectivity index (χ3n) is 5.15. The van der Waals surface area contributed by atoms with E-state index in [0.29, 0.717) is 0 Å². The van der Waals surface area contributed by atoms with Crippen molar-refractivity contribution in [2.75, 3.05) is 58.4 Å².